The van der Waals surface area contributed by atoms with E-state index in [1.165, 1.54) is 0 Å². The summed E-state index contributed by atoms with van der Waals surface area (Å²) >= 11 is 0. The van der Waals surface area contributed by atoms with E-state index in [1.54, 1.807) is 6.33 Å². The van der Waals surface area contributed by atoms with Gasteiger partial charge >= 0.3 is 0 Å². The molecule has 0 saturated carbocycles. The Balaban J connectivity index is 2.46. The van der Waals surface area contributed by atoms with Crippen molar-refractivity contribution in [3.8, 4) is 0 Å². The fourth-order valence-corrected chi connectivity index (χ4v) is 1.46. The summed E-state index contributed by atoms with van der Waals surface area (Å²) < 4.78 is 2.11. The van der Waals surface area contributed by atoms with E-state index in [0.717, 1.165) is 25.1 Å². The SMILES string of the molecule is CC(N)CCCc1nncn1C(C)C. The van der Waals surface area contributed by atoms with Crippen molar-refractivity contribution in [3.63, 3.8) is 0 Å². The number of hydrogen-bond acceptors (Lipinski definition) is 3. The molecule has 0 aliphatic heterocycles. The van der Waals surface area contributed by atoms with Crippen LogP contribution >= 0.6 is 0 Å². The molecule has 0 saturated heterocycles. The molecule has 0 bridgehead atoms. The maximum absolute atomic E-state index is 5.69. The van der Waals surface area contributed by atoms with Crippen molar-refractivity contribution in [1.82, 2.24) is 14.8 Å². The molecule has 80 valence electrons. The van der Waals surface area contributed by atoms with E-state index in [0.29, 0.717) is 6.04 Å². The lowest BCUT2D eigenvalue weighted by atomic mass is 10.1. The van der Waals surface area contributed by atoms with Gasteiger partial charge in [-0.2, -0.15) is 0 Å². The molecule has 1 aromatic rings. The summed E-state index contributed by atoms with van der Waals surface area (Å²) in [5, 5.41) is 8.03. The number of nitrogens with zero attached hydrogens (tertiary/aromatic N) is 3. The second kappa shape index (κ2) is 5.10. The zero-order valence-corrected chi connectivity index (χ0v) is 9.27. The molecule has 1 aromatic heterocycles. The maximum Gasteiger partial charge on any atom is 0.133 e. The van der Waals surface area contributed by atoms with Gasteiger partial charge in [0.2, 0.25) is 0 Å². The standard InChI is InChI=1S/C10H20N4/c1-8(2)14-7-12-13-10(14)6-4-5-9(3)11/h7-9H,4-6,11H2,1-3H3. The monoisotopic (exact) mass is 196 g/mol. The van der Waals surface area contributed by atoms with Crippen LogP contribution in [-0.4, -0.2) is 20.8 Å². The van der Waals surface area contributed by atoms with E-state index in [4.69, 9.17) is 5.73 Å². The lowest BCUT2D eigenvalue weighted by molar-refractivity contribution is 0.544. The van der Waals surface area contributed by atoms with Crippen LogP contribution in [0, 0.1) is 0 Å². The van der Waals surface area contributed by atoms with Crippen LogP contribution in [0.1, 0.15) is 45.5 Å². The third-order valence-electron chi connectivity index (χ3n) is 2.26. The number of nitrogens with two attached hydrogens (primary N) is 1. The Bertz CT molecular complexity index is 265. The van der Waals surface area contributed by atoms with Gasteiger partial charge in [-0.3, -0.25) is 0 Å². The third-order valence-corrected chi connectivity index (χ3v) is 2.26. The lowest BCUT2D eigenvalue weighted by Gasteiger charge is -2.10. The van der Waals surface area contributed by atoms with Gasteiger partial charge in [-0.05, 0) is 33.6 Å². The molecule has 2 N–H and O–H groups in total. The van der Waals surface area contributed by atoms with Crippen molar-refractivity contribution in [2.24, 2.45) is 5.73 Å². The molecule has 0 amide bonds. The Morgan fingerprint density at radius 3 is 2.71 bits per heavy atom. The number of hydrogen-bond donors (Lipinski definition) is 1. The van der Waals surface area contributed by atoms with Gasteiger partial charge in [-0.25, -0.2) is 0 Å². The van der Waals surface area contributed by atoms with Crippen LogP contribution in [0.4, 0.5) is 0 Å². The van der Waals surface area contributed by atoms with E-state index in [2.05, 4.69) is 28.6 Å². The van der Waals surface area contributed by atoms with Gasteiger partial charge < -0.3 is 10.3 Å². The second-order valence-electron chi connectivity index (χ2n) is 4.12. The molecule has 4 nitrogen and oxygen atoms in total. The molecule has 0 aliphatic carbocycles. The van der Waals surface area contributed by atoms with Gasteiger partial charge in [0, 0.05) is 18.5 Å². The highest BCUT2D eigenvalue weighted by Crippen LogP contribution is 2.09. The Labute approximate surface area is 85.5 Å². The Kier molecular flexibility index (Phi) is 4.07. The Morgan fingerprint density at radius 2 is 2.14 bits per heavy atom. The highest BCUT2D eigenvalue weighted by molar-refractivity contribution is 4.88. The molecular weight excluding hydrogens is 176 g/mol. The van der Waals surface area contributed by atoms with Gasteiger partial charge in [-0.15, -0.1) is 10.2 Å². The van der Waals surface area contributed by atoms with Crippen LogP contribution in [0.15, 0.2) is 6.33 Å². The Hall–Kier alpha value is -0.900. The molecule has 14 heavy (non-hydrogen) atoms. The number of aryl methyl sites for hydroxylation is 1. The first-order valence-electron chi connectivity index (χ1n) is 5.25. The van der Waals surface area contributed by atoms with E-state index in [1.807, 2.05) is 6.92 Å². The fourth-order valence-electron chi connectivity index (χ4n) is 1.46. The molecule has 1 heterocycles. The van der Waals surface area contributed by atoms with E-state index in [9.17, 15) is 0 Å². The molecule has 0 aliphatic rings. The number of rotatable bonds is 5. The summed E-state index contributed by atoms with van der Waals surface area (Å²) in [6.07, 6.45) is 4.90. The Morgan fingerprint density at radius 1 is 1.43 bits per heavy atom. The van der Waals surface area contributed by atoms with Crippen LogP contribution in [-0.2, 0) is 6.42 Å². The molecule has 1 unspecified atom stereocenters. The van der Waals surface area contributed by atoms with Gasteiger partial charge in [0.1, 0.15) is 12.2 Å². The molecule has 0 spiro atoms. The van der Waals surface area contributed by atoms with Gasteiger partial charge in [0.25, 0.3) is 0 Å². The minimum atomic E-state index is 0.283. The first kappa shape index (κ1) is 11.2. The molecule has 1 atom stereocenters. The van der Waals surface area contributed by atoms with Crippen molar-refractivity contribution in [2.75, 3.05) is 0 Å². The highest BCUT2D eigenvalue weighted by Gasteiger charge is 2.06. The summed E-state index contributed by atoms with van der Waals surface area (Å²) in [5.74, 6) is 1.07. The smallest absolute Gasteiger partial charge is 0.133 e. The second-order valence-corrected chi connectivity index (χ2v) is 4.12. The van der Waals surface area contributed by atoms with E-state index in [-0.39, 0.29) is 6.04 Å². The third kappa shape index (κ3) is 3.10. The van der Waals surface area contributed by atoms with Gasteiger partial charge in [0.15, 0.2) is 0 Å². The average molecular weight is 196 g/mol. The normalized spacial score (nSPS) is 13.5. The van der Waals surface area contributed by atoms with Gasteiger partial charge in [-0.1, -0.05) is 0 Å². The summed E-state index contributed by atoms with van der Waals surface area (Å²) in [5.41, 5.74) is 5.69. The number of aromatic nitrogens is 3. The first-order valence-corrected chi connectivity index (χ1v) is 5.25. The van der Waals surface area contributed by atoms with Gasteiger partial charge in [0.05, 0.1) is 0 Å². The minimum absolute atomic E-state index is 0.283. The van der Waals surface area contributed by atoms with Crippen LogP contribution < -0.4 is 5.73 Å². The summed E-state index contributed by atoms with van der Waals surface area (Å²) in [6, 6.07) is 0.723. The van der Waals surface area contributed by atoms with Crippen LogP contribution in [0.2, 0.25) is 0 Å². The van der Waals surface area contributed by atoms with Crippen molar-refractivity contribution in [2.45, 2.75) is 52.1 Å². The molecule has 4 heteroatoms. The molecule has 0 fully saturated rings. The maximum atomic E-state index is 5.69. The van der Waals surface area contributed by atoms with Crippen molar-refractivity contribution < 1.29 is 0 Å². The van der Waals surface area contributed by atoms with Crippen molar-refractivity contribution >= 4 is 0 Å². The van der Waals surface area contributed by atoms with E-state index < -0.39 is 0 Å². The topological polar surface area (TPSA) is 56.7 Å². The van der Waals surface area contributed by atoms with Crippen LogP contribution in [0.5, 0.6) is 0 Å². The lowest BCUT2D eigenvalue weighted by Crippen LogP contribution is -2.15. The fraction of sp³-hybridized carbons (Fsp3) is 0.800. The first-order chi connectivity index (χ1) is 6.61. The zero-order valence-electron chi connectivity index (χ0n) is 9.27. The largest absolute Gasteiger partial charge is 0.328 e. The molecular formula is C10H20N4. The molecule has 1 rings (SSSR count). The molecule has 0 radical (unpaired) electrons. The minimum Gasteiger partial charge on any atom is -0.328 e. The van der Waals surface area contributed by atoms with E-state index >= 15 is 0 Å². The summed E-state index contributed by atoms with van der Waals surface area (Å²) in [4.78, 5) is 0. The quantitative estimate of drug-likeness (QED) is 0.777. The molecule has 0 aromatic carbocycles. The van der Waals surface area contributed by atoms with Crippen molar-refractivity contribution in [3.05, 3.63) is 12.2 Å². The summed E-state index contributed by atoms with van der Waals surface area (Å²) in [7, 11) is 0. The van der Waals surface area contributed by atoms with Crippen LogP contribution in [0.25, 0.3) is 0 Å². The summed E-state index contributed by atoms with van der Waals surface area (Å²) in [6.45, 7) is 6.31. The van der Waals surface area contributed by atoms with Crippen LogP contribution in [0.3, 0.4) is 0 Å². The predicted molar refractivity (Wildman–Crippen MR) is 57.0 cm³/mol. The predicted octanol–water partition coefficient (Wildman–Crippen LogP) is 1.53. The highest BCUT2D eigenvalue weighted by atomic mass is 15.3. The zero-order chi connectivity index (χ0) is 10.6. The average Bonchev–Trinajstić information content (AvgIpc) is 2.51. The van der Waals surface area contributed by atoms with Crippen molar-refractivity contribution in [1.29, 1.82) is 0 Å².